The van der Waals surface area contributed by atoms with Crippen LogP contribution in [0.5, 0.6) is 0 Å². The minimum atomic E-state index is -4.17. The lowest BCUT2D eigenvalue weighted by Gasteiger charge is -2.19. The van der Waals surface area contributed by atoms with E-state index in [1.165, 1.54) is 13.2 Å². The number of halogens is 1. The molecule has 2 fully saturated rings. The van der Waals surface area contributed by atoms with Crippen LogP contribution in [0.3, 0.4) is 0 Å². The highest BCUT2D eigenvalue weighted by atomic mass is 32.2. The third-order valence-electron chi connectivity index (χ3n) is 12.9. The van der Waals surface area contributed by atoms with Crippen LogP contribution in [0.1, 0.15) is 42.4 Å². The van der Waals surface area contributed by atoms with Gasteiger partial charge in [0.2, 0.25) is 0 Å². The highest BCUT2D eigenvalue weighted by Crippen LogP contribution is 2.35. The molecular formula is C49H55FN10O14S2. The first-order valence-electron chi connectivity index (χ1n) is 23.4. The predicted molar refractivity (Wildman–Crippen MR) is 277 cm³/mol. The van der Waals surface area contributed by atoms with Crippen LogP contribution < -0.4 is 20.9 Å². The quantitative estimate of drug-likeness (QED) is 0.0705. The summed E-state index contributed by atoms with van der Waals surface area (Å²) >= 11 is 0. The summed E-state index contributed by atoms with van der Waals surface area (Å²) in [4.78, 5) is 32.0. The van der Waals surface area contributed by atoms with Crippen molar-refractivity contribution in [3.63, 3.8) is 0 Å². The zero-order chi connectivity index (χ0) is 54.6. The number of ether oxygens (including phenoxy) is 1. The second kappa shape index (κ2) is 23.3. The smallest absolute Gasteiger partial charge is 0.337 e. The number of benzene rings is 4. The number of aliphatic hydroxyl groups is 4. The molecule has 11 N–H and O–H groups in total. The summed E-state index contributed by atoms with van der Waals surface area (Å²) < 4.78 is 77.1. The Labute approximate surface area is 435 Å². The maximum atomic E-state index is 11.9. The second-order valence-electron chi connectivity index (χ2n) is 17.5. The fourth-order valence-corrected chi connectivity index (χ4v) is 10.0. The molecule has 2 aliphatic rings. The van der Waals surface area contributed by atoms with Gasteiger partial charge in [0.15, 0.2) is 11.3 Å². The molecule has 8 atom stereocenters. The van der Waals surface area contributed by atoms with E-state index in [0.717, 1.165) is 32.7 Å². The fraction of sp³-hybridized carbons (Fsp3) is 0.306. The van der Waals surface area contributed by atoms with Crippen molar-refractivity contribution < 1.29 is 70.8 Å². The van der Waals surface area contributed by atoms with Gasteiger partial charge in [-0.15, -0.1) is 0 Å². The van der Waals surface area contributed by atoms with Crippen LogP contribution in [0.15, 0.2) is 109 Å². The van der Waals surface area contributed by atoms with E-state index < -0.39 is 88.0 Å². The van der Waals surface area contributed by atoms with Crippen LogP contribution in [0.25, 0.3) is 55.4 Å². The number of esters is 1. The molecule has 76 heavy (non-hydrogen) atoms. The number of hydrogen-bond donors (Lipinski definition) is 9. The van der Waals surface area contributed by atoms with Gasteiger partial charge in [0.05, 0.1) is 75.7 Å². The van der Waals surface area contributed by atoms with Crippen molar-refractivity contribution in [1.29, 1.82) is 0 Å². The number of aliphatic hydroxyl groups excluding tert-OH is 4. The standard InChI is InChI=1S/C24H25N5O7S.C23H23N5O7S.CH3F.CH4/c1-35-24(32)14-5-6-16-13(9-14)3-2-4-17(16)18-11-21-26-8-7-20(29(21)28-18)27-19-10-15(22(30)23(19)31)12-36-37(25,33)34;24-36(33,34)35-11-14-9-18(22(30)21(14)29)26-19-6-7-25-20-10-17(27-28(19)20)16-3-1-2-12-8-13(23(31)32)4-5-15(12)16;1-2;/h2-9,11,15,19,22-23,27,30-31H,10,12H2,1H3,(H2,25,33,34);1-8,10,14,18,21-22,26,29-30H,9,11H2,(H,31,32)(H2,24,33,34);1H3;1H4/t15-,19-,22-,23+;14-,18-,21-,22+;;/m11../s1/i;;1D;. The van der Waals surface area contributed by atoms with Crippen LogP contribution in [0.4, 0.5) is 16.0 Å². The van der Waals surface area contributed by atoms with Gasteiger partial charge in [0.1, 0.15) is 23.8 Å². The molecule has 2 aliphatic carbocycles. The van der Waals surface area contributed by atoms with Gasteiger partial charge in [-0.05, 0) is 70.8 Å². The van der Waals surface area contributed by atoms with Crippen molar-refractivity contribution in [2.24, 2.45) is 22.1 Å². The van der Waals surface area contributed by atoms with Crippen LogP contribution >= 0.6 is 0 Å². The highest BCUT2D eigenvalue weighted by Gasteiger charge is 2.43. The number of rotatable bonds is 14. The Balaban J connectivity index is 0.000000210. The largest absolute Gasteiger partial charge is 0.478 e. The number of carboxylic acids is 1. The highest BCUT2D eigenvalue weighted by molar-refractivity contribution is 7.84. The number of fused-ring (bicyclic) bond motifs is 4. The van der Waals surface area contributed by atoms with E-state index in [-0.39, 0.29) is 39.0 Å². The molecule has 24 nitrogen and oxygen atoms in total. The van der Waals surface area contributed by atoms with Crippen LogP contribution in [0.2, 0.25) is 0 Å². The fourth-order valence-electron chi connectivity index (χ4n) is 9.27. The van der Waals surface area contributed by atoms with Crippen molar-refractivity contribution in [2.75, 3.05) is 38.1 Å². The lowest BCUT2D eigenvalue weighted by atomic mass is 10.0. The molecule has 4 heterocycles. The third-order valence-corrected chi connectivity index (χ3v) is 13.8. The molecule has 8 aromatic rings. The van der Waals surface area contributed by atoms with E-state index in [0.29, 0.717) is 39.9 Å². The number of carbonyl (C=O) groups excluding carboxylic acids is 1. The Morgan fingerprint density at radius 1 is 0.684 bits per heavy atom. The number of aromatic carboxylic acids is 1. The summed E-state index contributed by atoms with van der Waals surface area (Å²) in [7, 11) is -8.00. The summed E-state index contributed by atoms with van der Waals surface area (Å²) in [5.74, 6) is -1.68. The van der Waals surface area contributed by atoms with E-state index in [9.17, 15) is 56.3 Å². The lowest BCUT2D eigenvalue weighted by molar-refractivity contribution is 0.00773. The normalized spacial score (nSPS) is 21.5. The first-order chi connectivity index (χ1) is 36.2. The Bertz CT molecular complexity index is 3670. The molecule has 0 amide bonds. The maximum Gasteiger partial charge on any atom is 0.337 e. The molecule has 0 radical (unpaired) electrons. The van der Waals surface area contributed by atoms with Gasteiger partial charge < -0.3 is 40.9 Å². The van der Waals surface area contributed by atoms with Crippen molar-refractivity contribution >= 4 is 77.0 Å². The number of methoxy groups -OCH3 is 1. The predicted octanol–water partition coefficient (Wildman–Crippen LogP) is 3.29. The summed E-state index contributed by atoms with van der Waals surface area (Å²) in [5, 5.41) is 79.9. The van der Waals surface area contributed by atoms with Gasteiger partial charge >= 0.3 is 32.5 Å². The minimum absolute atomic E-state index is 0. The lowest BCUT2D eigenvalue weighted by Crippen LogP contribution is -2.36. The Morgan fingerprint density at radius 3 is 1.51 bits per heavy atom. The second-order valence-corrected chi connectivity index (χ2v) is 20.0. The average Bonchev–Trinajstić information content (AvgIpc) is 4.16. The van der Waals surface area contributed by atoms with Crippen molar-refractivity contribution in [1.82, 2.24) is 29.2 Å². The number of anilines is 2. The molecule has 10 rings (SSSR count). The summed E-state index contributed by atoms with van der Waals surface area (Å²) in [6.45, 7) is -0.691. The minimum Gasteiger partial charge on any atom is -0.478 e. The van der Waals surface area contributed by atoms with Crippen LogP contribution in [0, 0.1) is 11.8 Å². The van der Waals surface area contributed by atoms with Crippen LogP contribution in [-0.4, -0.2) is 147 Å². The molecule has 0 aliphatic heterocycles. The maximum absolute atomic E-state index is 11.9. The first-order valence-corrected chi connectivity index (χ1v) is 25.6. The Morgan fingerprint density at radius 2 is 1.11 bits per heavy atom. The third kappa shape index (κ3) is 12.3. The number of carbonyl (C=O) groups is 2. The van der Waals surface area contributed by atoms with Crippen molar-refractivity contribution in [3.8, 4) is 22.5 Å². The summed E-state index contributed by atoms with van der Waals surface area (Å²) in [6.07, 6.45) is -1.13. The number of nitrogens with zero attached hydrogens (tertiary/aromatic N) is 6. The SMILES string of the molecule is C.COC(=O)c1ccc2c(-c3cc4nccc(N[C@@H]5C[C@H](COS(N)(=O)=O)[C@@H](O)[C@H]5O)n4n3)cccc2c1.NS(=O)(=O)OC[C@H]1C[C@@H](Nc2ccnc3cc(-c4cccc5cc(C(=O)O)ccc45)nn23)[C@H](O)[C@@H]1O.[2H]CF. The Kier molecular flexibility index (Phi) is 16.8. The molecule has 27 heteroatoms. The topological polar surface area (TPSA) is 368 Å². The average molecular weight is 1090 g/mol. The number of nitrogens with two attached hydrogens (primary N) is 2. The molecule has 0 saturated heterocycles. The zero-order valence-corrected chi connectivity index (χ0v) is 41.1. The van der Waals surface area contributed by atoms with E-state index in [4.69, 9.17) is 21.5 Å². The van der Waals surface area contributed by atoms with Gasteiger partial charge in [-0.2, -0.15) is 36.1 Å². The first kappa shape index (κ1) is 54.9. The van der Waals surface area contributed by atoms with Gasteiger partial charge in [0.25, 0.3) is 0 Å². The van der Waals surface area contributed by atoms with Crippen molar-refractivity contribution in [3.05, 3.63) is 121 Å². The molecule has 4 aromatic carbocycles. The molecular weight excluding hydrogens is 1040 g/mol. The molecule has 4 aromatic heterocycles. The van der Waals surface area contributed by atoms with Crippen molar-refractivity contribution in [2.45, 2.75) is 56.8 Å². The van der Waals surface area contributed by atoms with Crippen LogP contribution in [-0.2, 0) is 33.7 Å². The van der Waals surface area contributed by atoms with E-state index >= 15 is 0 Å². The molecule has 0 bridgehead atoms. The van der Waals surface area contributed by atoms with Gasteiger partial charge in [-0.25, -0.2) is 29.8 Å². The monoisotopic (exact) mass is 1090 g/mol. The van der Waals surface area contributed by atoms with E-state index in [1.54, 1.807) is 63.9 Å². The molecule has 0 spiro atoms. The number of alkyl halides is 1. The van der Waals surface area contributed by atoms with Gasteiger partial charge in [-0.3, -0.25) is 12.8 Å². The molecule has 404 valence electrons. The van der Waals surface area contributed by atoms with E-state index in [2.05, 4.69) is 34.1 Å². The number of carboxylic acid groups (broad SMARTS) is 1. The number of nitrogens with one attached hydrogen (secondary N) is 2. The van der Waals surface area contributed by atoms with Gasteiger partial charge in [0, 0.05) is 47.5 Å². The zero-order valence-electron chi connectivity index (χ0n) is 40.5. The number of aromatic nitrogens is 6. The number of hydrogen-bond acceptors (Lipinski definition) is 19. The molecule has 2 saturated carbocycles. The summed E-state index contributed by atoms with van der Waals surface area (Å²) in [6, 6.07) is 27.1. The Hall–Kier alpha value is -7.31. The van der Waals surface area contributed by atoms with Gasteiger partial charge in [-0.1, -0.05) is 56.0 Å². The van der Waals surface area contributed by atoms with E-state index in [1.807, 2.05) is 48.5 Å². The molecule has 0 unspecified atom stereocenters. The summed E-state index contributed by atoms with van der Waals surface area (Å²) in [5.41, 5.74) is 4.58.